The molecule has 0 saturated carbocycles. The molecule has 0 spiro atoms. The van der Waals surface area contributed by atoms with Crippen molar-refractivity contribution >= 4 is 43.5 Å². The predicted octanol–water partition coefficient (Wildman–Crippen LogP) is 7.10. The minimum absolute atomic E-state index is 0.0870. The summed E-state index contributed by atoms with van der Waals surface area (Å²) in [5.41, 5.74) is 7.15. The van der Waals surface area contributed by atoms with Crippen LogP contribution in [0.1, 0.15) is 34.5 Å². The molecule has 10 heteroatoms. The summed E-state index contributed by atoms with van der Waals surface area (Å²) in [7, 11) is -0.660. The van der Waals surface area contributed by atoms with E-state index >= 15 is 0 Å². The lowest BCUT2D eigenvalue weighted by atomic mass is 9.96. The molecule has 8 nitrogen and oxygen atoms in total. The van der Waals surface area contributed by atoms with Crippen molar-refractivity contribution < 1.29 is 22.0 Å². The van der Waals surface area contributed by atoms with Gasteiger partial charge < -0.3 is 14.3 Å². The van der Waals surface area contributed by atoms with Crippen molar-refractivity contribution in [1.29, 1.82) is 0 Å². The lowest BCUT2D eigenvalue weighted by Crippen LogP contribution is -2.25. The number of pyridine rings is 1. The van der Waals surface area contributed by atoms with Crippen molar-refractivity contribution in [3.8, 4) is 34.0 Å². The van der Waals surface area contributed by atoms with Gasteiger partial charge in [0.2, 0.25) is 10.0 Å². The summed E-state index contributed by atoms with van der Waals surface area (Å²) in [6.45, 7) is 4.08. The van der Waals surface area contributed by atoms with Crippen LogP contribution in [0.3, 0.4) is 0 Å². The number of carbonyl (C=O) groups excluding carboxylic acids is 1. The van der Waals surface area contributed by atoms with Crippen LogP contribution in [0, 0.1) is 12.7 Å². The van der Waals surface area contributed by atoms with Gasteiger partial charge in [-0.1, -0.05) is 42.0 Å². The number of benzene rings is 3. The van der Waals surface area contributed by atoms with Crippen molar-refractivity contribution in [3.05, 3.63) is 95.3 Å². The molecule has 0 bridgehead atoms. The molecule has 0 fully saturated rings. The fourth-order valence-corrected chi connectivity index (χ4v) is 6.85. The number of carbonyl (C=O) groups is 1. The van der Waals surface area contributed by atoms with Gasteiger partial charge in [0.1, 0.15) is 17.2 Å². The van der Waals surface area contributed by atoms with Crippen LogP contribution >= 0.6 is 0 Å². The van der Waals surface area contributed by atoms with Gasteiger partial charge in [0.05, 0.1) is 40.1 Å². The summed E-state index contributed by atoms with van der Waals surface area (Å²) < 4.78 is 50.2. The summed E-state index contributed by atoms with van der Waals surface area (Å²) in [5.74, 6) is -0.250. The smallest absolute Gasteiger partial charge is 0.255 e. The Hall–Kier alpha value is -4.96. The quantitative estimate of drug-likeness (QED) is 0.221. The lowest BCUT2D eigenvalue weighted by Gasteiger charge is -2.26. The Balaban J connectivity index is 1.50. The van der Waals surface area contributed by atoms with E-state index in [-0.39, 0.29) is 17.8 Å². The maximum Gasteiger partial charge on any atom is 0.255 e. The Bertz CT molecular complexity index is 2290. The number of fused-ring (bicyclic) bond motifs is 6. The first-order valence-corrected chi connectivity index (χ1v) is 16.4. The average molecular weight is 623 g/mol. The van der Waals surface area contributed by atoms with Crippen LogP contribution in [0.15, 0.2) is 77.2 Å². The molecule has 6 aromatic rings. The molecule has 1 aliphatic rings. The summed E-state index contributed by atoms with van der Waals surface area (Å²) in [5, 5.41) is 3.77. The van der Waals surface area contributed by atoms with Gasteiger partial charge in [-0.3, -0.25) is 9.10 Å². The van der Waals surface area contributed by atoms with Gasteiger partial charge in [-0.15, -0.1) is 0 Å². The standard InChI is InChI=1S/C35H31FN4O4S/c1-19-9-11-21(12-10-19)34-32(35(41)37-3)25-16-24(29(18-31(25)44-34)39(4)45(5,42)43)27-14-13-22-15-20(2)40-28-8-6-7-26(36)23(28)17-30(40)33(22)38-27/h6-14,16-18,20H,15H2,1-5H3,(H,37,41). The molecule has 228 valence electrons. The van der Waals surface area contributed by atoms with Gasteiger partial charge in [0, 0.05) is 48.1 Å². The summed E-state index contributed by atoms with van der Waals surface area (Å²) >= 11 is 0. The first-order chi connectivity index (χ1) is 21.5. The lowest BCUT2D eigenvalue weighted by molar-refractivity contribution is 0.0964. The van der Waals surface area contributed by atoms with E-state index in [9.17, 15) is 17.6 Å². The second-order valence-electron chi connectivity index (χ2n) is 11.7. The van der Waals surface area contributed by atoms with Crippen molar-refractivity contribution in [2.24, 2.45) is 0 Å². The number of nitrogens with one attached hydrogen (secondary N) is 1. The van der Waals surface area contributed by atoms with Crippen LogP contribution in [0.25, 0.3) is 55.8 Å². The normalized spacial score (nSPS) is 14.4. The third kappa shape index (κ3) is 4.59. The maximum atomic E-state index is 14.9. The number of nitrogens with zero attached hydrogens (tertiary/aromatic N) is 3. The molecule has 3 aromatic carbocycles. The van der Waals surface area contributed by atoms with Crippen molar-refractivity contribution in [1.82, 2.24) is 14.9 Å². The van der Waals surface area contributed by atoms with Gasteiger partial charge in [0.25, 0.3) is 5.91 Å². The molecule has 0 saturated heterocycles. The van der Waals surface area contributed by atoms with E-state index in [1.54, 1.807) is 25.2 Å². The Morgan fingerprint density at radius 2 is 1.82 bits per heavy atom. The van der Waals surface area contributed by atoms with Crippen LogP contribution in [0.2, 0.25) is 0 Å². The second-order valence-corrected chi connectivity index (χ2v) is 13.7. The minimum atomic E-state index is -3.69. The number of halogens is 1. The summed E-state index contributed by atoms with van der Waals surface area (Å²) in [4.78, 5) is 18.4. The van der Waals surface area contributed by atoms with E-state index in [4.69, 9.17) is 9.40 Å². The molecule has 1 amide bonds. The molecule has 45 heavy (non-hydrogen) atoms. The zero-order valence-electron chi connectivity index (χ0n) is 25.5. The van der Waals surface area contributed by atoms with Gasteiger partial charge in [0.15, 0.2) is 0 Å². The number of anilines is 1. The van der Waals surface area contributed by atoms with E-state index in [1.807, 2.05) is 55.5 Å². The number of aryl methyl sites for hydroxylation is 1. The first-order valence-electron chi connectivity index (χ1n) is 14.6. The molecular weight excluding hydrogens is 591 g/mol. The average Bonchev–Trinajstić information content (AvgIpc) is 3.60. The van der Waals surface area contributed by atoms with Crippen LogP contribution in [0.4, 0.5) is 10.1 Å². The Labute approximate surface area is 260 Å². The van der Waals surface area contributed by atoms with Crippen LogP contribution in [-0.2, 0) is 16.4 Å². The SMILES string of the molecule is CNC(=O)c1c(-c2ccc(C)cc2)oc2cc(N(C)S(C)(=O)=O)c(-c3ccc4c(n3)-c3cc5c(F)cccc5n3C(C)C4)cc12. The first kappa shape index (κ1) is 28.8. The molecule has 1 unspecified atom stereocenters. The zero-order valence-corrected chi connectivity index (χ0v) is 26.3. The summed E-state index contributed by atoms with van der Waals surface area (Å²) in [6, 6.07) is 21.9. The van der Waals surface area contributed by atoms with Gasteiger partial charge >= 0.3 is 0 Å². The Kier molecular flexibility index (Phi) is 6.59. The van der Waals surface area contributed by atoms with E-state index in [0.29, 0.717) is 56.7 Å². The third-order valence-corrected chi connectivity index (χ3v) is 9.89. The number of hydrogen-bond donors (Lipinski definition) is 1. The topological polar surface area (TPSA) is 97.4 Å². The van der Waals surface area contributed by atoms with Crippen molar-refractivity contribution in [2.75, 3.05) is 24.7 Å². The Morgan fingerprint density at radius 3 is 2.53 bits per heavy atom. The number of aromatic nitrogens is 2. The molecule has 0 aliphatic carbocycles. The largest absolute Gasteiger partial charge is 0.455 e. The van der Waals surface area contributed by atoms with Crippen LogP contribution in [0.5, 0.6) is 0 Å². The molecular formula is C35H31FN4O4S. The Morgan fingerprint density at radius 1 is 1.07 bits per heavy atom. The van der Waals surface area contributed by atoms with E-state index < -0.39 is 10.0 Å². The molecule has 4 heterocycles. The highest BCUT2D eigenvalue weighted by molar-refractivity contribution is 7.92. The molecule has 3 aromatic heterocycles. The van der Waals surface area contributed by atoms with E-state index in [1.165, 1.54) is 17.4 Å². The van der Waals surface area contributed by atoms with Crippen LogP contribution in [-0.4, -0.2) is 44.2 Å². The number of amides is 1. The van der Waals surface area contributed by atoms with E-state index in [0.717, 1.165) is 34.2 Å². The van der Waals surface area contributed by atoms with Crippen molar-refractivity contribution in [2.45, 2.75) is 26.3 Å². The monoisotopic (exact) mass is 622 g/mol. The number of hydrogen-bond acceptors (Lipinski definition) is 5. The number of furan rings is 1. The number of sulfonamides is 1. The van der Waals surface area contributed by atoms with Gasteiger partial charge in [-0.05, 0) is 56.2 Å². The highest BCUT2D eigenvalue weighted by Gasteiger charge is 2.29. The van der Waals surface area contributed by atoms with Crippen molar-refractivity contribution in [3.63, 3.8) is 0 Å². The summed E-state index contributed by atoms with van der Waals surface area (Å²) in [6.07, 6.45) is 1.83. The highest BCUT2D eigenvalue weighted by atomic mass is 32.2. The number of rotatable bonds is 5. The second kappa shape index (κ2) is 10.3. The highest BCUT2D eigenvalue weighted by Crippen LogP contribution is 2.44. The third-order valence-electron chi connectivity index (χ3n) is 8.69. The fraction of sp³-hybridized carbons (Fsp3) is 0.200. The molecule has 1 aliphatic heterocycles. The minimum Gasteiger partial charge on any atom is -0.455 e. The van der Waals surface area contributed by atoms with Gasteiger partial charge in [-0.25, -0.2) is 17.8 Å². The van der Waals surface area contributed by atoms with Crippen LogP contribution < -0.4 is 9.62 Å². The molecule has 0 radical (unpaired) electrons. The van der Waals surface area contributed by atoms with E-state index in [2.05, 4.69) is 16.8 Å². The fourth-order valence-electron chi connectivity index (χ4n) is 6.34. The molecule has 1 N–H and O–H groups in total. The maximum absolute atomic E-state index is 14.9. The van der Waals surface area contributed by atoms with Gasteiger partial charge in [-0.2, -0.15) is 0 Å². The molecule has 1 atom stereocenters. The molecule has 7 rings (SSSR count). The zero-order chi connectivity index (χ0) is 31.8. The predicted molar refractivity (Wildman–Crippen MR) is 176 cm³/mol.